The quantitative estimate of drug-likeness (QED) is 0.708. The number of methoxy groups -OCH3 is 1. The average molecular weight is 251 g/mol. The molecule has 1 unspecified atom stereocenters. The van der Waals surface area contributed by atoms with Crippen molar-refractivity contribution in [3.63, 3.8) is 0 Å². The van der Waals surface area contributed by atoms with Gasteiger partial charge in [-0.15, -0.1) is 12.4 Å². The highest BCUT2D eigenvalue weighted by molar-refractivity contribution is 5.85. The Balaban J connectivity index is 0.00000225. The van der Waals surface area contributed by atoms with Crippen LogP contribution in [0.15, 0.2) is 0 Å². The van der Waals surface area contributed by atoms with Gasteiger partial charge in [0, 0.05) is 26.7 Å². The van der Waals surface area contributed by atoms with E-state index in [1.807, 2.05) is 0 Å². The summed E-state index contributed by atoms with van der Waals surface area (Å²) in [5.41, 5.74) is 0. The molecule has 0 radical (unpaired) electrons. The van der Waals surface area contributed by atoms with Crippen LogP contribution in [0, 0.1) is 11.8 Å². The molecule has 0 saturated carbocycles. The molecule has 1 atom stereocenters. The van der Waals surface area contributed by atoms with Gasteiger partial charge in [-0.25, -0.2) is 0 Å². The number of carbonyl (C=O) groups excluding carboxylic acids is 2. The largest absolute Gasteiger partial charge is 0.469 e. The van der Waals surface area contributed by atoms with Gasteiger partial charge in [0.25, 0.3) is 0 Å². The number of esters is 1. The van der Waals surface area contributed by atoms with Gasteiger partial charge in [0.2, 0.25) is 5.91 Å². The number of amides is 1. The molecular formula is C10H19ClN2O3. The zero-order valence-corrected chi connectivity index (χ0v) is 10.7. The maximum absolute atomic E-state index is 11.7. The van der Waals surface area contributed by atoms with Crippen LogP contribution in [0.3, 0.4) is 0 Å². The van der Waals surface area contributed by atoms with Crippen molar-refractivity contribution < 1.29 is 14.3 Å². The van der Waals surface area contributed by atoms with E-state index < -0.39 is 0 Å². The van der Waals surface area contributed by atoms with Crippen molar-refractivity contribution in [2.24, 2.45) is 11.8 Å². The molecule has 1 aliphatic rings. The molecule has 1 fully saturated rings. The van der Waals surface area contributed by atoms with Gasteiger partial charge in [0.1, 0.15) is 0 Å². The van der Waals surface area contributed by atoms with Gasteiger partial charge in [-0.1, -0.05) is 6.92 Å². The first kappa shape index (κ1) is 15.2. The van der Waals surface area contributed by atoms with Crippen molar-refractivity contribution in [2.75, 3.05) is 33.8 Å². The van der Waals surface area contributed by atoms with Crippen LogP contribution < -0.4 is 5.32 Å². The van der Waals surface area contributed by atoms with Crippen LogP contribution in [0.5, 0.6) is 0 Å². The minimum Gasteiger partial charge on any atom is -0.469 e. The smallest absolute Gasteiger partial charge is 0.310 e. The molecule has 94 valence electrons. The summed E-state index contributed by atoms with van der Waals surface area (Å²) in [5.74, 6) is -0.359. The minimum absolute atomic E-state index is 0. The zero-order valence-electron chi connectivity index (χ0n) is 9.86. The SMILES string of the molecule is COC(=O)C(C)CN(C)C(=O)C1CNC1.Cl. The molecule has 16 heavy (non-hydrogen) atoms. The first-order valence-electron chi connectivity index (χ1n) is 5.09. The van der Waals surface area contributed by atoms with E-state index >= 15 is 0 Å². The van der Waals surface area contributed by atoms with E-state index in [9.17, 15) is 9.59 Å². The van der Waals surface area contributed by atoms with Gasteiger partial charge in [0.15, 0.2) is 0 Å². The number of hydrogen-bond donors (Lipinski definition) is 1. The van der Waals surface area contributed by atoms with Crippen molar-refractivity contribution >= 4 is 24.3 Å². The van der Waals surface area contributed by atoms with Crippen molar-refractivity contribution in [3.8, 4) is 0 Å². The lowest BCUT2D eigenvalue weighted by molar-refractivity contribution is -0.146. The fourth-order valence-corrected chi connectivity index (χ4v) is 1.55. The maximum Gasteiger partial charge on any atom is 0.310 e. The van der Waals surface area contributed by atoms with Crippen LogP contribution in [0.4, 0.5) is 0 Å². The highest BCUT2D eigenvalue weighted by atomic mass is 35.5. The molecule has 1 amide bonds. The van der Waals surface area contributed by atoms with Crippen LogP contribution in [0.25, 0.3) is 0 Å². The van der Waals surface area contributed by atoms with E-state index in [0.717, 1.165) is 13.1 Å². The Bertz CT molecular complexity index is 256. The Kier molecular flexibility index (Phi) is 6.36. The first-order valence-corrected chi connectivity index (χ1v) is 5.09. The fraction of sp³-hybridized carbons (Fsp3) is 0.800. The Morgan fingerprint density at radius 2 is 2.06 bits per heavy atom. The molecule has 0 aliphatic carbocycles. The van der Waals surface area contributed by atoms with Crippen LogP contribution in [-0.4, -0.2) is 50.6 Å². The lowest BCUT2D eigenvalue weighted by Crippen LogP contribution is -2.52. The van der Waals surface area contributed by atoms with Gasteiger partial charge in [-0.2, -0.15) is 0 Å². The third-order valence-electron chi connectivity index (χ3n) is 2.66. The zero-order chi connectivity index (χ0) is 11.4. The van der Waals surface area contributed by atoms with Crippen LogP contribution in [0.1, 0.15) is 6.92 Å². The van der Waals surface area contributed by atoms with E-state index in [1.54, 1.807) is 18.9 Å². The number of hydrogen-bond acceptors (Lipinski definition) is 4. The summed E-state index contributed by atoms with van der Waals surface area (Å²) in [5, 5.41) is 3.05. The van der Waals surface area contributed by atoms with Crippen molar-refractivity contribution in [2.45, 2.75) is 6.92 Å². The molecule has 0 aromatic rings. The monoisotopic (exact) mass is 250 g/mol. The van der Waals surface area contributed by atoms with Crippen LogP contribution in [-0.2, 0) is 14.3 Å². The van der Waals surface area contributed by atoms with Crippen molar-refractivity contribution in [1.29, 1.82) is 0 Å². The minimum atomic E-state index is -0.276. The lowest BCUT2D eigenvalue weighted by atomic mass is 10.0. The number of halogens is 1. The summed E-state index contributed by atoms with van der Waals surface area (Å²) in [4.78, 5) is 24.5. The standard InChI is InChI=1S/C10H18N2O3.ClH/c1-7(10(14)15-3)6-12(2)9(13)8-4-11-5-8;/h7-8,11H,4-6H2,1-3H3;1H. The van der Waals surface area contributed by atoms with E-state index in [2.05, 4.69) is 10.1 Å². The molecule has 1 N–H and O–H groups in total. The molecule has 0 aromatic carbocycles. The average Bonchev–Trinajstić information content (AvgIpc) is 2.13. The predicted molar refractivity (Wildman–Crippen MR) is 62.4 cm³/mol. The van der Waals surface area contributed by atoms with Crippen molar-refractivity contribution in [3.05, 3.63) is 0 Å². The third-order valence-corrected chi connectivity index (χ3v) is 2.66. The van der Waals surface area contributed by atoms with Crippen LogP contribution in [0.2, 0.25) is 0 Å². The van der Waals surface area contributed by atoms with E-state index in [1.165, 1.54) is 7.11 Å². The lowest BCUT2D eigenvalue weighted by Gasteiger charge is -2.31. The molecule has 0 spiro atoms. The number of carbonyl (C=O) groups is 2. The van der Waals surface area contributed by atoms with Gasteiger partial charge >= 0.3 is 5.97 Å². The number of rotatable bonds is 4. The molecular weight excluding hydrogens is 232 g/mol. The van der Waals surface area contributed by atoms with Gasteiger partial charge in [0.05, 0.1) is 18.9 Å². The topological polar surface area (TPSA) is 58.6 Å². The third kappa shape index (κ3) is 3.64. The van der Waals surface area contributed by atoms with E-state index in [-0.39, 0.29) is 36.1 Å². The highest BCUT2D eigenvalue weighted by Gasteiger charge is 2.29. The second kappa shape index (κ2) is 6.70. The van der Waals surface area contributed by atoms with Gasteiger partial charge < -0.3 is 15.0 Å². The van der Waals surface area contributed by atoms with Gasteiger partial charge in [-0.05, 0) is 0 Å². The Morgan fingerprint density at radius 1 is 1.50 bits per heavy atom. The molecule has 0 aromatic heterocycles. The first-order chi connectivity index (χ1) is 7.06. The normalized spacial score (nSPS) is 16.7. The summed E-state index contributed by atoms with van der Waals surface area (Å²) in [7, 11) is 3.08. The number of nitrogens with one attached hydrogen (secondary N) is 1. The molecule has 1 rings (SSSR count). The summed E-state index contributed by atoms with van der Waals surface area (Å²) in [6, 6.07) is 0. The molecule has 5 nitrogen and oxygen atoms in total. The summed E-state index contributed by atoms with van der Waals surface area (Å²) >= 11 is 0. The maximum atomic E-state index is 11.7. The number of ether oxygens (including phenoxy) is 1. The van der Waals surface area contributed by atoms with Crippen LogP contribution >= 0.6 is 12.4 Å². The molecule has 1 aliphatic heterocycles. The van der Waals surface area contributed by atoms with Gasteiger partial charge in [-0.3, -0.25) is 9.59 Å². The Hall–Kier alpha value is -0.810. The van der Waals surface area contributed by atoms with E-state index in [4.69, 9.17) is 0 Å². The predicted octanol–water partition coefficient (Wildman–Crippen LogP) is -0.105. The van der Waals surface area contributed by atoms with Crippen molar-refractivity contribution in [1.82, 2.24) is 10.2 Å². The molecule has 1 heterocycles. The molecule has 6 heteroatoms. The number of nitrogens with zero attached hydrogens (tertiary/aromatic N) is 1. The molecule has 1 saturated heterocycles. The molecule has 0 bridgehead atoms. The Labute approximate surface area is 102 Å². The second-order valence-corrected chi connectivity index (χ2v) is 4.00. The van der Waals surface area contributed by atoms with E-state index in [0.29, 0.717) is 6.54 Å². The summed E-state index contributed by atoms with van der Waals surface area (Å²) in [6.07, 6.45) is 0. The Morgan fingerprint density at radius 3 is 2.44 bits per heavy atom. The summed E-state index contributed by atoms with van der Waals surface area (Å²) < 4.78 is 4.60. The fourth-order valence-electron chi connectivity index (χ4n) is 1.55. The second-order valence-electron chi connectivity index (χ2n) is 4.00. The highest BCUT2D eigenvalue weighted by Crippen LogP contribution is 2.09. The summed E-state index contributed by atoms with van der Waals surface area (Å²) in [6.45, 7) is 3.67.